The standard InChI is InChI=1S/C12H20N4O/c1-10-8-15-12(16-9-10)14-6-7-17-11-2-4-13-5-3-11/h8-9,11,13H,2-7H2,1H3,(H,14,15,16). The van der Waals surface area contributed by atoms with E-state index >= 15 is 0 Å². The van der Waals surface area contributed by atoms with E-state index in [1.165, 1.54) is 0 Å². The molecule has 0 aromatic carbocycles. The lowest BCUT2D eigenvalue weighted by molar-refractivity contribution is 0.0394. The molecule has 0 atom stereocenters. The number of aromatic nitrogens is 2. The fourth-order valence-corrected chi connectivity index (χ4v) is 1.83. The van der Waals surface area contributed by atoms with Crippen molar-refractivity contribution in [2.45, 2.75) is 25.9 Å². The third-order valence-corrected chi connectivity index (χ3v) is 2.81. The van der Waals surface area contributed by atoms with Gasteiger partial charge in [0, 0.05) is 18.9 Å². The first kappa shape index (κ1) is 12.3. The molecule has 17 heavy (non-hydrogen) atoms. The maximum Gasteiger partial charge on any atom is 0.222 e. The van der Waals surface area contributed by atoms with E-state index in [0.717, 1.165) is 38.0 Å². The fourth-order valence-electron chi connectivity index (χ4n) is 1.83. The first-order chi connectivity index (χ1) is 8.34. The molecule has 0 aliphatic carbocycles. The van der Waals surface area contributed by atoms with Crippen LogP contribution in [-0.4, -0.2) is 42.3 Å². The van der Waals surface area contributed by atoms with E-state index in [1.54, 1.807) is 0 Å². The molecule has 0 spiro atoms. The van der Waals surface area contributed by atoms with Crippen LogP contribution >= 0.6 is 0 Å². The maximum absolute atomic E-state index is 5.77. The molecule has 0 radical (unpaired) electrons. The van der Waals surface area contributed by atoms with Crippen molar-refractivity contribution in [3.05, 3.63) is 18.0 Å². The zero-order valence-electron chi connectivity index (χ0n) is 10.3. The van der Waals surface area contributed by atoms with E-state index in [0.29, 0.717) is 18.7 Å². The molecule has 1 aromatic heterocycles. The van der Waals surface area contributed by atoms with Crippen molar-refractivity contribution in [2.24, 2.45) is 0 Å². The van der Waals surface area contributed by atoms with Gasteiger partial charge in [0.1, 0.15) is 0 Å². The van der Waals surface area contributed by atoms with Crippen LogP contribution in [0.2, 0.25) is 0 Å². The van der Waals surface area contributed by atoms with Crippen molar-refractivity contribution in [1.29, 1.82) is 0 Å². The number of piperidine rings is 1. The molecule has 94 valence electrons. The Balaban J connectivity index is 1.60. The second kappa shape index (κ2) is 6.51. The first-order valence-electron chi connectivity index (χ1n) is 6.19. The third kappa shape index (κ3) is 4.28. The average Bonchev–Trinajstić information content (AvgIpc) is 2.38. The van der Waals surface area contributed by atoms with Crippen LogP contribution in [0.15, 0.2) is 12.4 Å². The highest BCUT2D eigenvalue weighted by molar-refractivity contribution is 5.23. The lowest BCUT2D eigenvalue weighted by Gasteiger charge is -2.22. The van der Waals surface area contributed by atoms with E-state index < -0.39 is 0 Å². The predicted molar refractivity (Wildman–Crippen MR) is 67.1 cm³/mol. The minimum absolute atomic E-state index is 0.414. The minimum atomic E-state index is 0.414. The van der Waals surface area contributed by atoms with E-state index in [9.17, 15) is 0 Å². The van der Waals surface area contributed by atoms with Crippen LogP contribution in [-0.2, 0) is 4.74 Å². The molecule has 0 bridgehead atoms. The Hall–Kier alpha value is -1.20. The van der Waals surface area contributed by atoms with Gasteiger partial charge in [-0.25, -0.2) is 9.97 Å². The highest BCUT2D eigenvalue weighted by Crippen LogP contribution is 2.06. The Labute approximate surface area is 102 Å². The quantitative estimate of drug-likeness (QED) is 0.746. The second-order valence-electron chi connectivity index (χ2n) is 4.33. The lowest BCUT2D eigenvalue weighted by atomic mass is 10.1. The number of nitrogens with one attached hydrogen (secondary N) is 2. The van der Waals surface area contributed by atoms with Gasteiger partial charge in [0.2, 0.25) is 5.95 Å². The molecule has 1 fully saturated rings. The third-order valence-electron chi connectivity index (χ3n) is 2.81. The van der Waals surface area contributed by atoms with Crippen molar-refractivity contribution in [1.82, 2.24) is 15.3 Å². The van der Waals surface area contributed by atoms with Gasteiger partial charge in [-0.05, 0) is 38.4 Å². The summed E-state index contributed by atoms with van der Waals surface area (Å²) < 4.78 is 5.77. The van der Waals surface area contributed by atoms with E-state index in [1.807, 2.05) is 19.3 Å². The van der Waals surface area contributed by atoms with Gasteiger partial charge in [0.25, 0.3) is 0 Å². The Morgan fingerprint density at radius 1 is 1.35 bits per heavy atom. The Morgan fingerprint density at radius 2 is 2.06 bits per heavy atom. The van der Waals surface area contributed by atoms with Gasteiger partial charge in [-0.2, -0.15) is 0 Å². The van der Waals surface area contributed by atoms with Crippen LogP contribution in [0.5, 0.6) is 0 Å². The molecule has 2 N–H and O–H groups in total. The Bertz CT molecular complexity index is 322. The molecule has 5 nitrogen and oxygen atoms in total. The highest BCUT2D eigenvalue weighted by atomic mass is 16.5. The zero-order valence-corrected chi connectivity index (χ0v) is 10.3. The number of anilines is 1. The Kier molecular flexibility index (Phi) is 4.70. The van der Waals surface area contributed by atoms with Crippen LogP contribution in [0, 0.1) is 6.92 Å². The molecule has 1 saturated heterocycles. The summed E-state index contributed by atoms with van der Waals surface area (Å²) in [6.45, 7) is 5.58. The SMILES string of the molecule is Cc1cnc(NCCOC2CCNCC2)nc1. The summed E-state index contributed by atoms with van der Waals surface area (Å²) in [4.78, 5) is 8.35. The summed E-state index contributed by atoms with van der Waals surface area (Å²) in [7, 11) is 0. The van der Waals surface area contributed by atoms with Gasteiger partial charge >= 0.3 is 0 Å². The highest BCUT2D eigenvalue weighted by Gasteiger charge is 2.12. The minimum Gasteiger partial charge on any atom is -0.376 e. The van der Waals surface area contributed by atoms with E-state index in [4.69, 9.17) is 4.74 Å². The molecule has 0 unspecified atom stereocenters. The number of rotatable bonds is 5. The summed E-state index contributed by atoms with van der Waals surface area (Å²) in [6.07, 6.45) is 6.26. The monoisotopic (exact) mass is 236 g/mol. The number of hydrogen-bond donors (Lipinski definition) is 2. The van der Waals surface area contributed by atoms with Crippen LogP contribution in [0.3, 0.4) is 0 Å². The first-order valence-corrected chi connectivity index (χ1v) is 6.19. The summed E-state index contributed by atoms with van der Waals surface area (Å²) >= 11 is 0. The smallest absolute Gasteiger partial charge is 0.222 e. The van der Waals surface area contributed by atoms with Gasteiger partial charge < -0.3 is 15.4 Å². The fraction of sp³-hybridized carbons (Fsp3) is 0.667. The summed E-state index contributed by atoms with van der Waals surface area (Å²) in [6, 6.07) is 0. The van der Waals surface area contributed by atoms with Gasteiger partial charge in [-0.15, -0.1) is 0 Å². The Morgan fingerprint density at radius 3 is 2.76 bits per heavy atom. The van der Waals surface area contributed by atoms with Gasteiger partial charge in [-0.1, -0.05) is 0 Å². The lowest BCUT2D eigenvalue weighted by Crippen LogP contribution is -2.33. The topological polar surface area (TPSA) is 59.1 Å². The van der Waals surface area contributed by atoms with Gasteiger partial charge in [0.15, 0.2) is 0 Å². The second-order valence-corrected chi connectivity index (χ2v) is 4.33. The molecular weight excluding hydrogens is 216 g/mol. The van der Waals surface area contributed by atoms with Crippen molar-refractivity contribution < 1.29 is 4.74 Å². The number of hydrogen-bond acceptors (Lipinski definition) is 5. The molecule has 2 heterocycles. The predicted octanol–water partition coefficient (Wildman–Crippen LogP) is 0.966. The summed E-state index contributed by atoms with van der Waals surface area (Å²) in [5.41, 5.74) is 1.07. The van der Waals surface area contributed by atoms with Crippen LogP contribution in [0.25, 0.3) is 0 Å². The van der Waals surface area contributed by atoms with E-state index in [-0.39, 0.29) is 0 Å². The van der Waals surface area contributed by atoms with Crippen LogP contribution in [0.4, 0.5) is 5.95 Å². The normalized spacial score (nSPS) is 17.0. The van der Waals surface area contributed by atoms with Crippen LogP contribution < -0.4 is 10.6 Å². The molecule has 1 aliphatic heterocycles. The molecule has 2 rings (SSSR count). The largest absolute Gasteiger partial charge is 0.376 e. The number of ether oxygens (including phenoxy) is 1. The maximum atomic E-state index is 5.77. The van der Waals surface area contributed by atoms with Crippen molar-refractivity contribution in [3.8, 4) is 0 Å². The van der Waals surface area contributed by atoms with Gasteiger partial charge in [0.05, 0.1) is 12.7 Å². The molecule has 0 amide bonds. The summed E-state index contributed by atoms with van der Waals surface area (Å²) in [5, 5.41) is 6.47. The van der Waals surface area contributed by atoms with Crippen molar-refractivity contribution >= 4 is 5.95 Å². The van der Waals surface area contributed by atoms with Gasteiger partial charge in [-0.3, -0.25) is 0 Å². The average molecular weight is 236 g/mol. The molecule has 1 aromatic rings. The van der Waals surface area contributed by atoms with Crippen LogP contribution in [0.1, 0.15) is 18.4 Å². The number of aryl methyl sites for hydroxylation is 1. The number of nitrogens with zero attached hydrogens (tertiary/aromatic N) is 2. The van der Waals surface area contributed by atoms with E-state index in [2.05, 4.69) is 20.6 Å². The van der Waals surface area contributed by atoms with Crippen molar-refractivity contribution in [2.75, 3.05) is 31.6 Å². The molecular formula is C12H20N4O. The molecule has 5 heteroatoms. The summed E-state index contributed by atoms with van der Waals surface area (Å²) in [5.74, 6) is 0.671. The van der Waals surface area contributed by atoms with Crippen molar-refractivity contribution in [3.63, 3.8) is 0 Å². The zero-order chi connectivity index (χ0) is 11.9. The molecule has 1 aliphatic rings. The molecule has 0 saturated carbocycles.